The van der Waals surface area contributed by atoms with Gasteiger partial charge in [-0.25, -0.2) is 0 Å². The molecule has 0 aliphatic heterocycles. The molecule has 11 aromatic carbocycles. The SMILES string of the molecule is c1ccc(-c2ccc(N(c3ccc(-c4cccc5ccccc45)cc3)c3ccc(-c4cccc5c6ccc7oc8ccccc8c7c6c6ccccc6c45)cc3)cc2)cc1. The van der Waals surface area contributed by atoms with Crippen molar-refractivity contribution in [2.45, 2.75) is 0 Å². The molecule has 0 aliphatic rings. The van der Waals surface area contributed by atoms with Crippen molar-refractivity contribution in [1.29, 1.82) is 0 Å². The summed E-state index contributed by atoms with van der Waals surface area (Å²) in [5.74, 6) is 0. The second kappa shape index (κ2) is 13.9. The van der Waals surface area contributed by atoms with E-state index >= 15 is 0 Å². The Morgan fingerprint density at radius 3 is 1.42 bits per heavy atom. The van der Waals surface area contributed by atoms with E-state index in [9.17, 15) is 0 Å². The van der Waals surface area contributed by atoms with Crippen LogP contribution in [0.25, 0.3) is 98.4 Å². The average Bonchev–Trinajstić information content (AvgIpc) is 3.71. The lowest BCUT2D eigenvalue weighted by Crippen LogP contribution is -2.09. The molecule has 0 saturated heterocycles. The molecule has 2 nitrogen and oxygen atoms in total. The summed E-state index contributed by atoms with van der Waals surface area (Å²) in [6, 6.07) is 81.1. The van der Waals surface area contributed by atoms with Gasteiger partial charge in [0.15, 0.2) is 0 Å². The highest BCUT2D eigenvalue weighted by atomic mass is 16.3. The van der Waals surface area contributed by atoms with Gasteiger partial charge in [-0.1, -0.05) is 170 Å². The van der Waals surface area contributed by atoms with Crippen molar-refractivity contribution < 1.29 is 4.42 Å². The maximum atomic E-state index is 6.37. The Morgan fingerprint density at radius 2 is 0.717 bits per heavy atom. The fourth-order valence-corrected chi connectivity index (χ4v) is 9.49. The molecule has 0 unspecified atom stereocenters. The zero-order valence-electron chi connectivity index (χ0n) is 32.7. The number of benzene rings is 11. The first-order chi connectivity index (χ1) is 29.8. The summed E-state index contributed by atoms with van der Waals surface area (Å²) < 4.78 is 6.37. The molecule has 0 saturated carbocycles. The van der Waals surface area contributed by atoms with Crippen LogP contribution in [0.4, 0.5) is 17.1 Å². The van der Waals surface area contributed by atoms with Gasteiger partial charge < -0.3 is 9.32 Å². The molecule has 0 aliphatic carbocycles. The molecular weight excluding hydrogens is 727 g/mol. The minimum absolute atomic E-state index is 0.917. The fraction of sp³-hybridized carbons (Fsp3) is 0. The van der Waals surface area contributed by atoms with Gasteiger partial charge in [0.2, 0.25) is 0 Å². The predicted molar refractivity (Wildman–Crippen MR) is 255 cm³/mol. The number of hydrogen-bond donors (Lipinski definition) is 0. The second-order valence-electron chi connectivity index (χ2n) is 15.6. The highest BCUT2D eigenvalue weighted by Gasteiger charge is 2.19. The van der Waals surface area contributed by atoms with E-state index in [0.717, 1.165) is 33.6 Å². The van der Waals surface area contributed by atoms with Gasteiger partial charge in [-0.2, -0.15) is 0 Å². The Bertz CT molecular complexity index is 3530. The Kier molecular flexibility index (Phi) is 7.89. The fourth-order valence-electron chi connectivity index (χ4n) is 9.49. The van der Waals surface area contributed by atoms with Gasteiger partial charge in [-0.15, -0.1) is 0 Å². The van der Waals surface area contributed by atoms with E-state index in [1.165, 1.54) is 81.9 Å². The van der Waals surface area contributed by atoms with Gasteiger partial charge in [-0.3, -0.25) is 0 Å². The number of anilines is 3. The van der Waals surface area contributed by atoms with E-state index in [0.29, 0.717) is 0 Å². The molecule has 60 heavy (non-hydrogen) atoms. The highest BCUT2D eigenvalue weighted by Crippen LogP contribution is 2.46. The topological polar surface area (TPSA) is 16.4 Å². The standard InChI is InChI=1S/C58H37NO/c1-2-12-38(13-3-1)39-24-30-43(31-25-39)59(44-32-26-41(27-33-44)47-20-10-15-40-14-4-5-16-46(40)47)45-34-28-42(29-35-45)48-21-11-22-50-52-36-37-55-58(53-19-8-9-23-54(53)60-55)57(52)51-18-7-6-17-49(51)56(48)50/h1-37H. The monoisotopic (exact) mass is 763 g/mol. The molecule has 1 heterocycles. The van der Waals surface area contributed by atoms with Gasteiger partial charge in [-0.05, 0) is 126 Å². The van der Waals surface area contributed by atoms with Gasteiger partial charge in [0.1, 0.15) is 11.2 Å². The molecule has 2 heteroatoms. The van der Waals surface area contributed by atoms with Crippen molar-refractivity contribution in [3.63, 3.8) is 0 Å². The molecule has 0 bridgehead atoms. The molecule has 0 spiro atoms. The summed E-state index contributed by atoms with van der Waals surface area (Å²) in [4.78, 5) is 2.36. The zero-order valence-corrected chi connectivity index (χ0v) is 32.7. The number of furan rings is 1. The molecule has 0 fully saturated rings. The van der Waals surface area contributed by atoms with Crippen LogP contribution in [-0.4, -0.2) is 0 Å². The largest absolute Gasteiger partial charge is 0.456 e. The van der Waals surface area contributed by atoms with Crippen LogP contribution in [0.2, 0.25) is 0 Å². The first-order valence-corrected chi connectivity index (χ1v) is 20.6. The first-order valence-electron chi connectivity index (χ1n) is 20.6. The Labute approximate surface area is 347 Å². The second-order valence-corrected chi connectivity index (χ2v) is 15.6. The summed E-state index contributed by atoms with van der Waals surface area (Å²) in [5.41, 5.74) is 12.3. The maximum absolute atomic E-state index is 6.37. The Morgan fingerprint density at radius 1 is 0.250 bits per heavy atom. The number of fused-ring (bicyclic) bond motifs is 11. The molecule has 0 radical (unpaired) electrons. The van der Waals surface area contributed by atoms with Crippen molar-refractivity contribution in [2.75, 3.05) is 4.90 Å². The van der Waals surface area contributed by atoms with Crippen LogP contribution < -0.4 is 4.90 Å². The molecule has 0 N–H and O–H groups in total. The Balaban J connectivity index is 0.994. The lowest BCUT2D eigenvalue weighted by molar-refractivity contribution is 0.669. The van der Waals surface area contributed by atoms with Crippen molar-refractivity contribution in [1.82, 2.24) is 0 Å². The van der Waals surface area contributed by atoms with Gasteiger partial charge >= 0.3 is 0 Å². The summed E-state index contributed by atoms with van der Waals surface area (Å²) in [5, 5.41) is 12.3. The van der Waals surface area contributed by atoms with Crippen LogP contribution in [-0.2, 0) is 0 Å². The molecule has 280 valence electrons. The minimum Gasteiger partial charge on any atom is -0.456 e. The van der Waals surface area contributed by atoms with Gasteiger partial charge in [0.05, 0.1) is 0 Å². The normalized spacial score (nSPS) is 11.7. The third kappa shape index (κ3) is 5.50. The van der Waals surface area contributed by atoms with E-state index in [4.69, 9.17) is 4.42 Å². The van der Waals surface area contributed by atoms with Crippen molar-refractivity contribution in [3.05, 3.63) is 224 Å². The highest BCUT2D eigenvalue weighted by molar-refractivity contribution is 6.36. The quantitative estimate of drug-likeness (QED) is 0.157. The third-order valence-electron chi connectivity index (χ3n) is 12.3. The van der Waals surface area contributed by atoms with E-state index in [-0.39, 0.29) is 0 Å². The molecule has 12 rings (SSSR count). The molecule has 12 aromatic rings. The van der Waals surface area contributed by atoms with Gasteiger partial charge in [0.25, 0.3) is 0 Å². The smallest absolute Gasteiger partial charge is 0.136 e. The van der Waals surface area contributed by atoms with Crippen LogP contribution >= 0.6 is 0 Å². The predicted octanol–water partition coefficient (Wildman–Crippen LogP) is 16.7. The number of rotatable bonds is 6. The summed E-state index contributed by atoms with van der Waals surface area (Å²) >= 11 is 0. The lowest BCUT2D eigenvalue weighted by Gasteiger charge is -2.26. The first kappa shape index (κ1) is 34.1. The maximum Gasteiger partial charge on any atom is 0.136 e. The molecule has 0 amide bonds. The van der Waals surface area contributed by atoms with Crippen LogP contribution in [0.1, 0.15) is 0 Å². The van der Waals surface area contributed by atoms with Crippen LogP contribution in [0.3, 0.4) is 0 Å². The minimum atomic E-state index is 0.917. The number of para-hydroxylation sites is 1. The van der Waals surface area contributed by atoms with E-state index in [1.807, 2.05) is 6.07 Å². The number of nitrogens with zero attached hydrogens (tertiary/aromatic N) is 1. The van der Waals surface area contributed by atoms with Crippen LogP contribution in [0.15, 0.2) is 229 Å². The summed E-state index contributed by atoms with van der Waals surface area (Å²) in [6.45, 7) is 0. The van der Waals surface area contributed by atoms with E-state index in [1.54, 1.807) is 0 Å². The third-order valence-corrected chi connectivity index (χ3v) is 12.3. The zero-order chi connectivity index (χ0) is 39.6. The van der Waals surface area contributed by atoms with Crippen molar-refractivity contribution in [2.24, 2.45) is 0 Å². The summed E-state index contributed by atoms with van der Waals surface area (Å²) in [7, 11) is 0. The van der Waals surface area contributed by atoms with E-state index in [2.05, 4.69) is 223 Å². The average molecular weight is 764 g/mol. The van der Waals surface area contributed by atoms with Crippen LogP contribution in [0, 0.1) is 0 Å². The van der Waals surface area contributed by atoms with Crippen molar-refractivity contribution in [3.8, 4) is 33.4 Å². The molecular formula is C58H37NO. The van der Waals surface area contributed by atoms with Gasteiger partial charge in [0, 0.05) is 33.2 Å². The Hall–Kier alpha value is -7.94. The summed E-state index contributed by atoms with van der Waals surface area (Å²) in [6.07, 6.45) is 0. The molecule has 0 atom stereocenters. The van der Waals surface area contributed by atoms with E-state index < -0.39 is 0 Å². The molecule has 1 aromatic heterocycles. The van der Waals surface area contributed by atoms with Crippen molar-refractivity contribution >= 4 is 82.1 Å². The number of hydrogen-bond acceptors (Lipinski definition) is 2. The van der Waals surface area contributed by atoms with Crippen LogP contribution in [0.5, 0.6) is 0 Å². The lowest BCUT2D eigenvalue weighted by atomic mass is 9.88.